The molecule has 0 radical (unpaired) electrons. The lowest BCUT2D eigenvalue weighted by atomic mass is 10.0. The number of carbonyl (C=O) groups is 1. The quantitative estimate of drug-likeness (QED) is 0.848. The second kappa shape index (κ2) is 5.98. The molecule has 4 heteroatoms. The monoisotopic (exact) mass is 249 g/mol. The largest absolute Gasteiger partial charge is 0.481 e. The van der Waals surface area contributed by atoms with Crippen molar-refractivity contribution in [2.45, 2.75) is 25.5 Å². The van der Waals surface area contributed by atoms with Gasteiger partial charge in [-0.1, -0.05) is 30.3 Å². The van der Waals surface area contributed by atoms with E-state index in [0.29, 0.717) is 13.0 Å². The molecule has 2 unspecified atom stereocenters. The molecule has 1 heterocycles. The van der Waals surface area contributed by atoms with Crippen LogP contribution in [-0.4, -0.2) is 40.3 Å². The summed E-state index contributed by atoms with van der Waals surface area (Å²) in [7, 11) is 0. The Hall–Kier alpha value is -1.39. The molecule has 0 aliphatic carbocycles. The topological polar surface area (TPSA) is 60.8 Å². The fourth-order valence-electron chi connectivity index (χ4n) is 2.44. The average molecular weight is 249 g/mol. The van der Waals surface area contributed by atoms with Crippen molar-refractivity contribution in [3.05, 3.63) is 35.9 Å². The van der Waals surface area contributed by atoms with E-state index in [1.807, 2.05) is 30.3 Å². The van der Waals surface area contributed by atoms with Crippen molar-refractivity contribution < 1.29 is 15.0 Å². The van der Waals surface area contributed by atoms with Crippen LogP contribution >= 0.6 is 0 Å². The number of benzene rings is 1. The number of carboxylic acids is 1. The van der Waals surface area contributed by atoms with Crippen LogP contribution in [0, 0.1) is 5.92 Å². The summed E-state index contributed by atoms with van der Waals surface area (Å²) in [6.45, 7) is 2.01. The standard InChI is InChI=1S/C14H19NO3/c16-13-7-4-8-15(10-12(13)14(17)18)9-11-5-2-1-3-6-11/h1-3,5-6,12-13,16H,4,7-10H2,(H,17,18). The molecule has 1 fully saturated rings. The minimum absolute atomic E-state index is 0.422. The highest BCUT2D eigenvalue weighted by Gasteiger charge is 2.30. The van der Waals surface area contributed by atoms with E-state index < -0.39 is 18.0 Å². The average Bonchev–Trinajstić information content (AvgIpc) is 2.53. The summed E-state index contributed by atoms with van der Waals surface area (Å²) in [5.74, 6) is -1.57. The van der Waals surface area contributed by atoms with Gasteiger partial charge < -0.3 is 10.2 Å². The number of likely N-dealkylation sites (tertiary alicyclic amines) is 1. The highest BCUT2D eigenvalue weighted by molar-refractivity contribution is 5.71. The molecule has 1 aromatic rings. The zero-order valence-corrected chi connectivity index (χ0v) is 10.3. The van der Waals surface area contributed by atoms with Crippen LogP contribution in [0.3, 0.4) is 0 Å². The Morgan fingerprint density at radius 2 is 2.06 bits per heavy atom. The Morgan fingerprint density at radius 3 is 2.72 bits per heavy atom. The van der Waals surface area contributed by atoms with Crippen molar-refractivity contribution in [1.29, 1.82) is 0 Å². The van der Waals surface area contributed by atoms with Gasteiger partial charge in [0.1, 0.15) is 0 Å². The van der Waals surface area contributed by atoms with Gasteiger partial charge in [0, 0.05) is 13.1 Å². The van der Waals surface area contributed by atoms with Crippen LogP contribution in [0.4, 0.5) is 0 Å². The first-order valence-corrected chi connectivity index (χ1v) is 6.34. The number of aliphatic hydroxyl groups is 1. The van der Waals surface area contributed by atoms with Gasteiger partial charge in [-0.15, -0.1) is 0 Å². The van der Waals surface area contributed by atoms with Crippen LogP contribution in [0.1, 0.15) is 18.4 Å². The summed E-state index contributed by atoms with van der Waals surface area (Å²) in [5, 5.41) is 18.9. The van der Waals surface area contributed by atoms with Crippen LogP contribution in [0.15, 0.2) is 30.3 Å². The van der Waals surface area contributed by atoms with Crippen LogP contribution < -0.4 is 0 Å². The molecule has 1 aliphatic heterocycles. The Balaban J connectivity index is 2.02. The predicted octanol–water partition coefficient (Wildman–Crippen LogP) is 1.34. The summed E-state index contributed by atoms with van der Waals surface area (Å²) < 4.78 is 0. The van der Waals surface area contributed by atoms with Crippen molar-refractivity contribution >= 4 is 5.97 Å². The van der Waals surface area contributed by atoms with Crippen molar-refractivity contribution in [3.8, 4) is 0 Å². The van der Waals surface area contributed by atoms with Gasteiger partial charge in [-0.2, -0.15) is 0 Å². The van der Waals surface area contributed by atoms with Crippen LogP contribution in [0.2, 0.25) is 0 Å². The first-order valence-electron chi connectivity index (χ1n) is 6.34. The third-order valence-corrected chi connectivity index (χ3v) is 3.46. The molecule has 0 aromatic heterocycles. The molecular weight excluding hydrogens is 230 g/mol. The predicted molar refractivity (Wildman–Crippen MR) is 68.1 cm³/mol. The Labute approximate surface area is 107 Å². The van der Waals surface area contributed by atoms with E-state index in [9.17, 15) is 9.90 Å². The maximum absolute atomic E-state index is 11.1. The Bertz CT molecular complexity index is 393. The second-order valence-corrected chi connectivity index (χ2v) is 4.88. The highest BCUT2D eigenvalue weighted by atomic mass is 16.4. The molecule has 1 aliphatic rings. The molecule has 0 saturated carbocycles. The number of aliphatic hydroxyl groups excluding tert-OH is 1. The van der Waals surface area contributed by atoms with E-state index in [2.05, 4.69) is 4.90 Å². The maximum Gasteiger partial charge on any atom is 0.310 e. The number of hydrogen-bond donors (Lipinski definition) is 2. The van der Waals surface area contributed by atoms with E-state index in [1.165, 1.54) is 5.56 Å². The van der Waals surface area contributed by atoms with Gasteiger partial charge >= 0.3 is 5.97 Å². The van der Waals surface area contributed by atoms with E-state index >= 15 is 0 Å². The lowest BCUT2D eigenvalue weighted by Crippen LogP contribution is -2.36. The highest BCUT2D eigenvalue weighted by Crippen LogP contribution is 2.19. The van der Waals surface area contributed by atoms with Gasteiger partial charge in [-0.25, -0.2) is 0 Å². The number of aliphatic carboxylic acids is 1. The number of nitrogens with zero attached hydrogens (tertiary/aromatic N) is 1. The summed E-state index contributed by atoms with van der Waals surface area (Å²) >= 11 is 0. The van der Waals surface area contributed by atoms with Gasteiger partial charge in [-0.3, -0.25) is 9.69 Å². The zero-order valence-electron chi connectivity index (χ0n) is 10.3. The van der Waals surface area contributed by atoms with Crippen LogP contribution in [0.25, 0.3) is 0 Å². The molecule has 0 amide bonds. The number of carboxylic acid groups (broad SMARTS) is 1. The molecule has 4 nitrogen and oxygen atoms in total. The fourth-order valence-corrected chi connectivity index (χ4v) is 2.44. The van der Waals surface area contributed by atoms with Crippen molar-refractivity contribution in [3.63, 3.8) is 0 Å². The van der Waals surface area contributed by atoms with E-state index in [4.69, 9.17) is 5.11 Å². The normalized spacial score (nSPS) is 25.6. The molecule has 2 rings (SSSR count). The minimum atomic E-state index is -0.900. The number of rotatable bonds is 3. The van der Waals surface area contributed by atoms with E-state index in [1.54, 1.807) is 0 Å². The summed E-state index contributed by atoms with van der Waals surface area (Å²) in [5.41, 5.74) is 1.18. The Kier molecular flexibility index (Phi) is 4.33. The fraction of sp³-hybridized carbons (Fsp3) is 0.500. The van der Waals surface area contributed by atoms with Gasteiger partial charge in [0.15, 0.2) is 0 Å². The van der Waals surface area contributed by atoms with Crippen molar-refractivity contribution in [2.24, 2.45) is 5.92 Å². The van der Waals surface area contributed by atoms with Crippen LogP contribution in [-0.2, 0) is 11.3 Å². The molecule has 2 atom stereocenters. The molecule has 1 aromatic carbocycles. The molecule has 98 valence electrons. The van der Waals surface area contributed by atoms with Gasteiger partial charge in [0.05, 0.1) is 12.0 Å². The summed E-state index contributed by atoms with van der Waals surface area (Å²) in [6, 6.07) is 10.0. The lowest BCUT2D eigenvalue weighted by Gasteiger charge is -2.23. The molecule has 0 spiro atoms. The second-order valence-electron chi connectivity index (χ2n) is 4.88. The summed E-state index contributed by atoms with van der Waals surface area (Å²) in [4.78, 5) is 13.2. The van der Waals surface area contributed by atoms with Gasteiger partial charge in [0.2, 0.25) is 0 Å². The van der Waals surface area contributed by atoms with Crippen LogP contribution in [0.5, 0.6) is 0 Å². The molecule has 0 bridgehead atoms. The molecule has 1 saturated heterocycles. The Morgan fingerprint density at radius 1 is 1.33 bits per heavy atom. The SMILES string of the molecule is O=C(O)C1CN(Cc2ccccc2)CCCC1O. The van der Waals surface area contributed by atoms with E-state index in [0.717, 1.165) is 19.5 Å². The molecule has 2 N–H and O–H groups in total. The van der Waals surface area contributed by atoms with Crippen molar-refractivity contribution in [2.75, 3.05) is 13.1 Å². The third kappa shape index (κ3) is 3.31. The maximum atomic E-state index is 11.1. The van der Waals surface area contributed by atoms with E-state index in [-0.39, 0.29) is 0 Å². The first kappa shape index (κ1) is 13.1. The van der Waals surface area contributed by atoms with Crippen molar-refractivity contribution in [1.82, 2.24) is 4.90 Å². The van der Waals surface area contributed by atoms with Gasteiger partial charge in [-0.05, 0) is 24.9 Å². The third-order valence-electron chi connectivity index (χ3n) is 3.46. The molecular formula is C14H19NO3. The number of hydrogen-bond acceptors (Lipinski definition) is 3. The minimum Gasteiger partial charge on any atom is -0.481 e. The summed E-state index contributed by atoms with van der Waals surface area (Å²) in [6.07, 6.45) is 0.698. The smallest absolute Gasteiger partial charge is 0.310 e. The van der Waals surface area contributed by atoms with Gasteiger partial charge in [0.25, 0.3) is 0 Å². The first-order chi connectivity index (χ1) is 8.66. The lowest BCUT2D eigenvalue weighted by molar-refractivity contribution is -0.146. The molecule has 18 heavy (non-hydrogen) atoms. The zero-order chi connectivity index (χ0) is 13.0.